The third kappa shape index (κ3) is 6.38. The van der Waals surface area contributed by atoms with Crippen LogP contribution in [-0.2, 0) is 0 Å². The summed E-state index contributed by atoms with van der Waals surface area (Å²) in [5.74, 6) is 2.00. The van der Waals surface area contributed by atoms with E-state index in [1.165, 1.54) is 0 Å². The van der Waals surface area contributed by atoms with Gasteiger partial charge in [0.05, 0.1) is 0 Å². The van der Waals surface area contributed by atoms with Crippen molar-refractivity contribution in [3.8, 4) is 0 Å². The van der Waals surface area contributed by atoms with Crippen molar-refractivity contribution in [1.29, 1.82) is 0 Å². The summed E-state index contributed by atoms with van der Waals surface area (Å²) in [6.07, 6.45) is 0. The highest BCUT2D eigenvalue weighted by atomic mass is 35.5. The fourth-order valence-electron chi connectivity index (χ4n) is 0.213. The molecule has 0 heterocycles. The molecule has 2 heteroatoms. The van der Waals surface area contributed by atoms with Crippen LogP contribution < -0.4 is 0 Å². The van der Waals surface area contributed by atoms with Gasteiger partial charge in [-0.3, -0.25) is 0 Å². The van der Waals surface area contributed by atoms with Crippen LogP contribution in [0.15, 0.2) is 11.6 Å². The summed E-state index contributed by atoms with van der Waals surface area (Å²) in [6, 6.07) is 0. The molecule has 0 radical (unpaired) electrons. The Kier molecular flexibility index (Phi) is 4.78. The zero-order valence-corrected chi connectivity index (χ0v) is 5.98. The van der Waals surface area contributed by atoms with Crippen molar-refractivity contribution in [3.63, 3.8) is 0 Å². The van der Waals surface area contributed by atoms with E-state index in [4.69, 9.17) is 11.6 Å². The van der Waals surface area contributed by atoms with E-state index in [2.05, 4.69) is 13.5 Å². The van der Waals surface area contributed by atoms with Crippen molar-refractivity contribution in [2.45, 2.75) is 6.92 Å². The summed E-state index contributed by atoms with van der Waals surface area (Å²) in [5, 5.41) is 0.742. The fraction of sp³-hybridized carbons (Fsp3) is 0.600. The highest BCUT2D eigenvalue weighted by Crippen LogP contribution is 2.07. The second-order valence-corrected chi connectivity index (χ2v) is 2.96. The Balaban J connectivity index is 2.82. The van der Waals surface area contributed by atoms with Gasteiger partial charge < -0.3 is 0 Å². The molecule has 0 rings (SSSR count). The quantitative estimate of drug-likeness (QED) is 0.575. The van der Waals surface area contributed by atoms with Crippen LogP contribution in [0.25, 0.3) is 0 Å². The van der Waals surface area contributed by atoms with Crippen molar-refractivity contribution in [3.05, 3.63) is 11.6 Å². The predicted octanol–water partition coefficient (Wildman–Crippen LogP) is 2.49. The highest BCUT2D eigenvalue weighted by Gasteiger charge is 1.83. The minimum atomic E-state index is 0.742. The van der Waals surface area contributed by atoms with Crippen LogP contribution in [0.5, 0.6) is 0 Å². The molecule has 0 amide bonds. The van der Waals surface area contributed by atoms with Crippen molar-refractivity contribution in [2.24, 2.45) is 0 Å². The van der Waals surface area contributed by atoms with Gasteiger partial charge in [0.15, 0.2) is 0 Å². The molecule has 0 aliphatic rings. The minimum Gasteiger partial charge on any atom is -0.157 e. The number of halogens is 1. The lowest BCUT2D eigenvalue weighted by Gasteiger charge is -1.90. The molecule has 0 N–H and O–H groups in total. The van der Waals surface area contributed by atoms with Crippen LogP contribution in [0, 0.1) is 0 Å². The Morgan fingerprint density at radius 2 is 2.43 bits per heavy atom. The molecule has 0 spiro atoms. The maximum absolute atomic E-state index is 5.44. The number of rotatable bonds is 3. The molecular weight excluding hydrogens is 128 g/mol. The van der Waals surface area contributed by atoms with E-state index in [1.54, 1.807) is 11.8 Å². The summed E-state index contributed by atoms with van der Waals surface area (Å²) < 4.78 is 0. The average Bonchev–Trinajstić information content (AvgIpc) is 1.61. The normalized spacial score (nSPS) is 8.86. The molecular formula is C5H9ClS. The van der Waals surface area contributed by atoms with Gasteiger partial charge in [-0.15, -0.1) is 0 Å². The standard InChI is InChI=1S/C5H9ClS/c1-3-7-4-5(2)6/h2-4H2,1H3. The van der Waals surface area contributed by atoms with Gasteiger partial charge in [0, 0.05) is 10.8 Å². The Morgan fingerprint density at radius 1 is 1.86 bits per heavy atom. The summed E-state index contributed by atoms with van der Waals surface area (Å²) >= 11 is 7.23. The van der Waals surface area contributed by atoms with Crippen LogP contribution in [0.2, 0.25) is 0 Å². The Bertz CT molecular complexity index is 61.1. The van der Waals surface area contributed by atoms with E-state index in [1.807, 2.05) is 0 Å². The molecule has 42 valence electrons. The Morgan fingerprint density at radius 3 is 2.57 bits per heavy atom. The first-order valence-corrected chi connectivity index (χ1v) is 3.71. The lowest BCUT2D eigenvalue weighted by atomic mass is 10.7. The van der Waals surface area contributed by atoms with Crippen LogP contribution in [0.4, 0.5) is 0 Å². The number of hydrogen-bond acceptors (Lipinski definition) is 1. The van der Waals surface area contributed by atoms with E-state index < -0.39 is 0 Å². The molecule has 0 unspecified atom stereocenters. The van der Waals surface area contributed by atoms with Gasteiger partial charge >= 0.3 is 0 Å². The second-order valence-electron chi connectivity index (χ2n) is 1.15. The lowest BCUT2D eigenvalue weighted by Crippen LogP contribution is -1.74. The van der Waals surface area contributed by atoms with Crippen molar-refractivity contribution >= 4 is 23.4 Å². The molecule has 0 atom stereocenters. The van der Waals surface area contributed by atoms with Gasteiger partial charge in [0.1, 0.15) is 0 Å². The first kappa shape index (κ1) is 7.38. The zero-order valence-electron chi connectivity index (χ0n) is 4.41. The van der Waals surface area contributed by atoms with Crippen LogP contribution >= 0.6 is 23.4 Å². The topological polar surface area (TPSA) is 0 Å². The molecule has 0 bridgehead atoms. The van der Waals surface area contributed by atoms with E-state index in [0.29, 0.717) is 0 Å². The van der Waals surface area contributed by atoms with Gasteiger partial charge in [-0.1, -0.05) is 25.1 Å². The van der Waals surface area contributed by atoms with E-state index in [-0.39, 0.29) is 0 Å². The predicted molar refractivity (Wildman–Crippen MR) is 38.0 cm³/mol. The number of thioether (sulfide) groups is 1. The molecule has 0 saturated heterocycles. The molecule has 0 aliphatic carbocycles. The first-order valence-electron chi connectivity index (χ1n) is 2.18. The second kappa shape index (κ2) is 4.54. The smallest absolute Gasteiger partial charge is 0.0286 e. The molecule has 0 aromatic heterocycles. The first-order chi connectivity index (χ1) is 3.27. The SMILES string of the molecule is C=C(Cl)CSCC. The molecule has 0 aliphatic heterocycles. The summed E-state index contributed by atoms with van der Waals surface area (Å²) in [6.45, 7) is 5.64. The van der Waals surface area contributed by atoms with Gasteiger partial charge in [0.2, 0.25) is 0 Å². The molecule has 0 aromatic carbocycles. The third-order valence-electron chi connectivity index (χ3n) is 0.463. The van der Waals surface area contributed by atoms with Gasteiger partial charge in [-0.05, 0) is 5.75 Å². The molecule has 7 heavy (non-hydrogen) atoms. The van der Waals surface area contributed by atoms with E-state index >= 15 is 0 Å². The Hall–Kier alpha value is 0.380. The highest BCUT2D eigenvalue weighted by molar-refractivity contribution is 7.99. The largest absolute Gasteiger partial charge is 0.157 e. The van der Waals surface area contributed by atoms with Crippen molar-refractivity contribution in [2.75, 3.05) is 11.5 Å². The fourth-order valence-corrected chi connectivity index (χ4v) is 0.870. The maximum atomic E-state index is 5.44. The van der Waals surface area contributed by atoms with Crippen LogP contribution in [0.1, 0.15) is 6.92 Å². The molecule has 0 aromatic rings. The summed E-state index contributed by atoms with van der Waals surface area (Å²) in [5.41, 5.74) is 0. The average molecular weight is 137 g/mol. The molecule has 0 nitrogen and oxygen atoms in total. The maximum Gasteiger partial charge on any atom is 0.0286 e. The van der Waals surface area contributed by atoms with Gasteiger partial charge in [0.25, 0.3) is 0 Å². The van der Waals surface area contributed by atoms with E-state index in [9.17, 15) is 0 Å². The van der Waals surface area contributed by atoms with Crippen LogP contribution in [-0.4, -0.2) is 11.5 Å². The van der Waals surface area contributed by atoms with Gasteiger partial charge in [-0.2, -0.15) is 11.8 Å². The minimum absolute atomic E-state index is 0.742. The molecule has 0 saturated carbocycles. The zero-order chi connectivity index (χ0) is 5.70. The summed E-state index contributed by atoms with van der Waals surface area (Å²) in [4.78, 5) is 0. The van der Waals surface area contributed by atoms with Crippen molar-refractivity contribution < 1.29 is 0 Å². The molecule has 0 fully saturated rings. The van der Waals surface area contributed by atoms with Gasteiger partial charge in [-0.25, -0.2) is 0 Å². The Labute approximate surface area is 53.9 Å². The lowest BCUT2D eigenvalue weighted by molar-refractivity contribution is 1.51. The number of hydrogen-bond donors (Lipinski definition) is 0. The van der Waals surface area contributed by atoms with Crippen LogP contribution in [0.3, 0.4) is 0 Å². The van der Waals surface area contributed by atoms with E-state index in [0.717, 1.165) is 16.5 Å². The monoisotopic (exact) mass is 136 g/mol. The van der Waals surface area contributed by atoms with Crippen molar-refractivity contribution in [1.82, 2.24) is 0 Å². The third-order valence-corrected chi connectivity index (χ3v) is 1.72. The summed E-state index contributed by atoms with van der Waals surface area (Å²) in [7, 11) is 0.